The van der Waals surface area contributed by atoms with Crippen LogP contribution in [0.1, 0.15) is 40.5 Å². The molecule has 3 nitrogen and oxygen atoms in total. The lowest BCUT2D eigenvalue weighted by atomic mass is 10.5. The lowest BCUT2D eigenvalue weighted by molar-refractivity contribution is 0.135. The van der Waals surface area contributed by atoms with E-state index in [1.165, 1.54) is 0 Å². The third-order valence-corrected chi connectivity index (χ3v) is 0.797. The Morgan fingerprint density at radius 3 is 1.24 bits per heavy atom. The van der Waals surface area contributed by atoms with Crippen LogP contribution in [0.25, 0.3) is 0 Å². The molecule has 0 aliphatic rings. The lowest BCUT2D eigenvalue weighted by Crippen LogP contribution is -1.92. The number of ether oxygens (including phenoxy) is 1. The van der Waals surface area contributed by atoms with Gasteiger partial charge < -0.3 is 14.9 Å². The Hall–Kier alpha value is -0.640. The highest BCUT2D eigenvalue weighted by molar-refractivity contribution is 4.51. The minimum Gasteiger partial charge on any atom is -0.394 e. The number of allylic oxidation sites excluding steroid dienone is 2. The smallest absolute Gasteiger partial charge is 0.0662 e. The van der Waals surface area contributed by atoms with Gasteiger partial charge in [-0.15, -0.1) is 13.2 Å². The lowest BCUT2D eigenvalue weighted by Gasteiger charge is -1.95. The summed E-state index contributed by atoms with van der Waals surface area (Å²) in [5.41, 5.74) is 0. The van der Waals surface area contributed by atoms with Gasteiger partial charge in [0.05, 0.1) is 13.2 Å². The van der Waals surface area contributed by atoms with Crippen molar-refractivity contribution in [2.24, 2.45) is 0 Å². The second kappa shape index (κ2) is 45.3. The van der Waals surface area contributed by atoms with E-state index >= 15 is 0 Å². The fraction of sp³-hybridized carbons (Fsp3) is 0.714. The molecule has 0 saturated carbocycles. The molecule has 0 aromatic rings. The first-order valence-electron chi connectivity index (χ1n) is 6.10. The summed E-state index contributed by atoms with van der Waals surface area (Å²) in [7, 11) is 0. The molecule has 17 heavy (non-hydrogen) atoms. The van der Waals surface area contributed by atoms with Crippen LogP contribution in [0.3, 0.4) is 0 Å². The fourth-order valence-electron chi connectivity index (χ4n) is 0.391. The molecule has 0 fully saturated rings. The van der Waals surface area contributed by atoms with E-state index in [1.807, 2.05) is 13.8 Å². The van der Waals surface area contributed by atoms with E-state index in [2.05, 4.69) is 27.0 Å². The third-order valence-electron chi connectivity index (χ3n) is 0.797. The molecule has 0 spiro atoms. The highest BCUT2D eigenvalue weighted by atomic mass is 16.5. The summed E-state index contributed by atoms with van der Waals surface area (Å²) in [4.78, 5) is 0. The van der Waals surface area contributed by atoms with Gasteiger partial charge in [-0.05, 0) is 26.7 Å². The number of hydrogen-bond donors (Lipinski definition) is 2. The highest BCUT2D eigenvalue weighted by Gasteiger charge is 1.77. The molecule has 0 radical (unpaired) electrons. The van der Waals surface area contributed by atoms with Gasteiger partial charge in [-0.2, -0.15) is 0 Å². The van der Waals surface area contributed by atoms with Gasteiger partial charge in [-0.25, -0.2) is 0 Å². The van der Waals surface area contributed by atoms with Crippen molar-refractivity contribution in [1.82, 2.24) is 0 Å². The topological polar surface area (TPSA) is 49.7 Å². The highest BCUT2D eigenvalue weighted by Crippen LogP contribution is 1.81. The van der Waals surface area contributed by atoms with Gasteiger partial charge in [0.15, 0.2) is 0 Å². The molecule has 106 valence electrons. The molecule has 0 heterocycles. The molecule has 3 heteroatoms. The quantitative estimate of drug-likeness (QED) is 0.580. The molecular formula is C14H32O3. The SMILES string of the molecule is C=CC.C=CC.CCCOCCC.OCCO. The van der Waals surface area contributed by atoms with Crippen LogP contribution in [0.2, 0.25) is 0 Å². The van der Waals surface area contributed by atoms with Gasteiger partial charge in [-0.3, -0.25) is 0 Å². The zero-order chi connectivity index (χ0) is 14.4. The van der Waals surface area contributed by atoms with E-state index in [1.54, 1.807) is 12.2 Å². The largest absolute Gasteiger partial charge is 0.394 e. The second-order valence-corrected chi connectivity index (χ2v) is 2.88. The second-order valence-electron chi connectivity index (χ2n) is 2.88. The Bertz CT molecular complexity index is 91.6. The Morgan fingerprint density at radius 2 is 1.12 bits per heavy atom. The predicted octanol–water partition coefficient (Wildman–Crippen LogP) is 3.18. The molecule has 0 aromatic carbocycles. The van der Waals surface area contributed by atoms with Crippen LogP contribution in [-0.2, 0) is 4.74 Å². The molecule has 0 aliphatic carbocycles. The van der Waals surface area contributed by atoms with Crippen molar-refractivity contribution >= 4 is 0 Å². The zero-order valence-corrected chi connectivity index (χ0v) is 12.1. The fourth-order valence-corrected chi connectivity index (χ4v) is 0.391. The third kappa shape index (κ3) is 144. The first kappa shape index (κ1) is 25.3. The first-order valence-corrected chi connectivity index (χ1v) is 6.10. The van der Waals surface area contributed by atoms with E-state index in [9.17, 15) is 0 Å². The van der Waals surface area contributed by atoms with Gasteiger partial charge in [-0.1, -0.05) is 26.0 Å². The Kier molecular flexibility index (Phi) is 67.4. The van der Waals surface area contributed by atoms with E-state index in [0.29, 0.717) is 0 Å². The Labute approximate surface area is 108 Å². The van der Waals surface area contributed by atoms with Crippen LogP contribution in [0.5, 0.6) is 0 Å². The summed E-state index contributed by atoms with van der Waals surface area (Å²) >= 11 is 0. The van der Waals surface area contributed by atoms with Gasteiger partial charge in [0.1, 0.15) is 0 Å². The van der Waals surface area contributed by atoms with E-state index in [4.69, 9.17) is 14.9 Å². The maximum absolute atomic E-state index is 7.62. The number of rotatable bonds is 5. The van der Waals surface area contributed by atoms with Crippen LogP contribution < -0.4 is 0 Å². The van der Waals surface area contributed by atoms with Crippen molar-refractivity contribution in [3.05, 3.63) is 25.3 Å². The van der Waals surface area contributed by atoms with E-state index in [0.717, 1.165) is 26.1 Å². The summed E-state index contributed by atoms with van der Waals surface area (Å²) in [5, 5.41) is 15.2. The van der Waals surface area contributed by atoms with E-state index in [-0.39, 0.29) is 13.2 Å². The van der Waals surface area contributed by atoms with Gasteiger partial charge in [0, 0.05) is 13.2 Å². The van der Waals surface area contributed by atoms with Crippen LogP contribution in [0, 0.1) is 0 Å². The monoisotopic (exact) mass is 248 g/mol. The molecule has 0 amide bonds. The summed E-state index contributed by atoms with van der Waals surface area (Å²) in [6.07, 6.45) is 5.78. The van der Waals surface area contributed by atoms with Crippen molar-refractivity contribution < 1.29 is 14.9 Å². The van der Waals surface area contributed by atoms with Crippen molar-refractivity contribution in [2.75, 3.05) is 26.4 Å². The average molecular weight is 248 g/mol. The number of hydrogen-bond acceptors (Lipinski definition) is 3. The normalized spacial score (nSPS) is 7.18. The molecule has 0 bridgehead atoms. The molecule has 0 rings (SSSR count). The number of aliphatic hydroxyl groups is 2. The van der Waals surface area contributed by atoms with Crippen LogP contribution in [0.15, 0.2) is 25.3 Å². The van der Waals surface area contributed by atoms with Gasteiger partial charge in [0.2, 0.25) is 0 Å². The minimum atomic E-state index is -0.125. The van der Waals surface area contributed by atoms with Gasteiger partial charge >= 0.3 is 0 Å². The van der Waals surface area contributed by atoms with Crippen molar-refractivity contribution in [2.45, 2.75) is 40.5 Å². The molecular weight excluding hydrogens is 216 g/mol. The Balaban J connectivity index is -0.0000000726. The van der Waals surface area contributed by atoms with Crippen LogP contribution >= 0.6 is 0 Å². The van der Waals surface area contributed by atoms with Crippen LogP contribution in [-0.4, -0.2) is 36.6 Å². The van der Waals surface area contributed by atoms with E-state index < -0.39 is 0 Å². The Morgan fingerprint density at radius 1 is 0.882 bits per heavy atom. The average Bonchev–Trinajstić information content (AvgIpc) is 2.32. The van der Waals surface area contributed by atoms with Crippen LogP contribution in [0.4, 0.5) is 0 Å². The molecule has 0 aromatic heterocycles. The standard InChI is InChI=1S/C6H14O.2C3H6.C2H6O2/c1-3-5-7-6-4-2;2*1-3-2;3-1-2-4/h3-6H2,1-2H3;2*3H,1H2,2H3;3-4H,1-2H2. The van der Waals surface area contributed by atoms with Gasteiger partial charge in [0.25, 0.3) is 0 Å². The maximum Gasteiger partial charge on any atom is 0.0662 e. The summed E-state index contributed by atoms with van der Waals surface area (Å²) in [6.45, 7) is 16.3. The minimum absolute atomic E-state index is 0.125. The molecule has 0 atom stereocenters. The first-order chi connectivity index (χ1) is 8.16. The van der Waals surface area contributed by atoms with Crippen molar-refractivity contribution in [3.63, 3.8) is 0 Å². The molecule has 0 aliphatic heterocycles. The summed E-state index contributed by atoms with van der Waals surface area (Å²) in [5.74, 6) is 0. The molecule has 2 N–H and O–H groups in total. The van der Waals surface area contributed by atoms with Crippen molar-refractivity contribution in [1.29, 1.82) is 0 Å². The summed E-state index contributed by atoms with van der Waals surface area (Å²) < 4.78 is 5.13. The zero-order valence-electron chi connectivity index (χ0n) is 12.1. The number of aliphatic hydroxyl groups excluding tert-OH is 2. The summed E-state index contributed by atoms with van der Waals surface area (Å²) in [6, 6.07) is 0. The maximum atomic E-state index is 7.62. The molecule has 0 saturated heterocycles. The predicted molar refractivity (Wildman–Crippen MR) is 77.3 cm³/mol. The molecule has 0 unspecified atom stereocenters. The van der Waals surface area contributed by atoms with Crippen molar-refractivity contribution in [3.8, 4) is 0 Å².